The number of benzene rings is 1. The molecule has 0 amide bonds. The maximum Gasteiger partial charge on any atom is 0.126 e. The summed E-state index contributed by atoms with van der Waals surface area (Å²) in [4.78, 5) is 4.07. The van der Waals surface area contributed by atoms with E-state index in [4.69, 9.17) is 0 Å². The number of likely N-dealkylation sites (N-methyl/N-ethyl adjacent to an activating group) is 1. The van der Waals surface area contributed by atoms with Crippen LogP contribution in [0.2, 0.25) is 0 Å². The highest BCUT2D eigenvalue weighted by Crippen LogP contribution is 2.22. The second-order valence-electron chi connectivity index (χ2n) is 4.82. The number of halogens is 2. The van der Waals surface area contributed by atoms with E-state index in [1.807, 2.05) is 19.9 Å². The van der Waals surface area contributed by atoms with Crippen LogP contribution in [0.15, 0.2) is 36.7 Å². The van der Waals surface area contributed by atoms with Gasteiger partial charge in [0.2, 0.25) is 0 Å². The van der Waals surface area contributed by atoms with Crippen molar-refractivity contribution in [1.29, 1.82) is 0 Å². The Balaban J connectivity index is 2.28. The van der Waals surface area contributed by atoms with Gasteiger partial charge in [-0.25, -0.2) is 8.78 Å². The molecule has 1 aromatic carbocycles. The van der Waals surface area contributed by atoms with E-state index in [9.17, 15) is 8.78 Å². The molecule has 2 nitrogen and oxygen atoms in total. The van der Waals surface area contributed by atoms with Gasteiger partial charge in [0, 0.05) is 24.5 Å². The van der Waals surface area contributed by atoms with Crippen molar-refractivity contribution in [1.82, 2.24) is 10.3 Å². The molecule has 0 radical (unpaired) electrons. The van der Waals surface area contributed by atoms with Gasteiger partial charge < -0.3 is 5.32 Å². The van der Waals surface area contributed by atoms with Gasteiger partial charge in [-0.05, 0) is 54.8 Å². The van der Waals surface area contributed by atoms with E-state index in [-0.39, 0.29) is 6.04 Å². The van der Waals surface area contributed by atoms with Gasteiger partial charge in [-0.2, -0.15) is 0 Å². The molecule has 0 fully saturated rings. The second-order valence-corrected chi connectivity index (χ2v) is 4.82. The Morgan fingerprint density at radius 2 is 1.90 bits per heavy atom. The summed E-state index contributed by atoms with van der Waals surface area (Å²) in [6.45, 7) is 4.78. The fraction of sp³-hybridized carbons (Fsp3) is 0.312. The van der Waals surface area contributed by atoms with E-state index < -0.39 is 11.6 Å². The van der Waals surface area contributed by atoms with Crippen molar-refractivity contribution in [2.24, 2.45) is 0 Å². The number of aryl methyl sites for hydroxylation is 1. The Labute approximate surface area is 117 Å². The standard InChI is InChI=1S/C16H18F2N2/c1-3-20-16(15-4-5-19-10-11(15)2)8-12-6-13(17)9-14(18)7-12/h4-7,9-10,16,20H,3,8H2,1-2H3. The van der Waals surface area contributed by atoms with E-state index in [1.54, 1.807) is 12.4 Å². The molecule has 0 aliphatic carbocycles. The first-order chi connectivity index (χ1) is 9.60. The molecule has 0 aliphatic rings. The van der Waals surface area contributed by atoms with Crippen molar-refractivity contribution in [2.45, 2.75) is 26.3 Å². The molecule has 1 aromatic heterocycles. The van der Waals surface area contributed by atoms with Crippen molar-refractivity contribution in [3.8, 4) is 0 Å². The zero-order valence-corrected chi connectivity index (χ0v) is 11.7. The molecule has 1 heterocycles. The highest BCUT2D eigenvalue weighted by atomic mass is 19.1. The highest BCUT2D eigenvalue weighted by Gasteiger charge is 2.14. The SMILES string of the molecule is CCNC(Cc1cc(F)cc(F)c1)c1ccncc1C. The molecular weight excluding hydrogens is 258 g/mol. The molecule has 4 heteroatoms. The second kappa shape index (κ2) is 6.57. The van der Waals surface area contributed by atoms with Crippen LogP contribution in [0.1, 0.15) is 29.7 Å². The van der Waals surface area contributed by atoms with E-state index in [0.29, 0.717) is 12.0 Å². The molecule has 106 valence electrons. The molecule has 0 saturated heterocycles. The van der Waals surface area contributed by atoms with E-state index in [0.717, 1.165) is 23.7 Å². The van der Waals surface area contributed by atoms with E-state index in [2.05, 4.69) is 10.3 Å². The smallest absolute Gasteiger partial charge is 0.126 e. The van der Waals surface area contributed by atoms with Crippen LogP contribution in [0, 0.1) is 18.6 Å². The van der Waals surface area contributed by atoms with Crippen LogP contribution in [0.3, 0.4) is 0 Å². The summed E-state index contributed by atoms with van der Waals surface area (Å²) in [5.74, 6) is -1.08. The zero-order valence-electron chi connectivity index (χ0n) is 11.7. The fourth-order valence-electron chi connectivity index (χ4n) is 2.38. The normalized spacial score (nSPS) is 12.4. The van der Waals surface area contributed by atoms with Gasteiger partial charge in [-0.1, -0.05) is 6.92 Å². The Morgan fingerprint density at radius 1 is 1.20 bits per heavy atom. The molecule has 0 bridgehead atoms. The lowest BCUT2D eigenvalue weighted by molar-refractivity contribution is 0.536. The largest absolute Gasteiger partial charge is 0.310 e. The molecule has 20 heavy (non-hydrogen) atoms. The minimum absolute atomic E-state index is 0.0178. The summed E-state index contributed by atoms with van der Waals surface area (Å²) in [6, 6.07) is 5.61. The molecule has 1 atom stereocenters. The summed E-state index contributed by atoms with van der Waals surface area (Å²) >= 11 is 0. The summed E-state index contributed by atoms with van der Waals surface area (Å²) in [5.41, 5.74) is 2.81. The molecule has 0 saturated carbocycles. The topological polar surface area (TPSA) is 24.9 Å². The Hall–Kier alpha value is -1.81. The lowest BCUT2D eigenvalue weighted by atomic mass is 9.96. The number of aromatic nitrogens is 1. The summed E-state index contributed by atoms with van der Waals surface area (Å²) in [6.07, 6.45) is 4.07. The molecule has 2 rings (SSSR count). The van der Waals surface area contributed by atoms with Crippen molar-refractivity contribution in [2.75, 3.05) is 6.54 Å². The zero-order chi connectivity index (χ0) is 14.5. The summed E-state index contributed by atoms with van der Waals surface area (Å²) in [7, 11) is 0. The highest BCUT2D eigenvalue weighted by molar-refractivity contribution is 5.28. The number of hydrogen-bond acceptors (Lipinski definition) is 2. The maximum atomic E-state index is 13.3. The minimum Gasteiger partial charge on any atom is -0.310 e. The molecule has 0 aliphatic heterocycles. The summed E-state index contributed by atoms with van der Waals surface area (Å²) < 4.78 is 26.6. The first-order valence-electron chi connectivity index (χ1n) is 6.69. The number of nitrogens with zero attached hydrogens (tertiary/aromatic N) is 1. The van der Waals surface area contributed by atoms with Crippen LogP contribution in [0.4, 0.5) is 8.78 Å². The first kappa shape index (κ1) is 14.6. The van der Waals surface area contributed by atoms with E-state index in [1.165, 1.54) is 12.1 Å². The molecule has 1 N–H and O–H groups in total. The van der Waals surface area contributed by atoms with Crippen molar-refractivity contribution in [3.05, 3.63) is 65.0 Å². The number of rotatable bonds is 5. The first-order valence-corrected chi connectivity index (χ1v) is 6.69. The number of nitrogens with one attached hydrogen (secondary N) is 1. The number of pyridine rings is 1. The minimum atomic E-state index is -0.540. The van der Waals surface area contributed by atoms with Gasteiger partial charge in [0.25, 0.3) is 0 Å². The molecule has 2 aromatic rings. The predicted molar refractivity (Wildman–Crippen MR) is 75.5 cm³/mol. The summed E-state index contributed by atoms with van der Waals surface area (Å²) in [5, 5.41) is 3.35. The van der Waals surface area contributed by atoms with Gasteiger partial charge >= 0.3 is 0 Å². The lowest BCUT2D eigenvalue weighted by Crippen LogP contribution is -2.24. The Morgan fingerprint density at radius 3 is 2.50 bits per heavy atom. The van der Waals surface area contributed by atoms with Gasteiger partial charge in [-0.15, -0.1) is 0 Å². The van der Waals surface area contributed by atoms with Gasteiger partial charge in [0.05, 0.1) is 0 Å². The maximum absolute atomic E-state index is 13.3. The van der Waals surface area contributed by atoms with Gasteiger partial charge in [-0.3, -0.25) is 4.98 Å². The average Bonchev–Trinajstić information content (AvgIpc) is 2.37. The molecule has 0 spiro atoms. The van der Waals surface area contributed by atoms with Crippen molar-refractivity contribution >= 4 is 0 Å². The third-order valence-corrected chi connectivity index (χ3v) is 3.25. The Kier molecular flexibility index (Phi) is 4.79. The van der Waals surface area contributed by atoms with Crippen molar-refractivity contribution < 1.29 is 8.78 Å². The van der Waals surface area contributed by atoms with Crippen molar-refractivity contribution in [3.63, 3.8) is 0 Å². The van der Waals surface area contributed by atoms with Crippen LogP contribution in [0.5, 0.6) is 0 Å². The Bertz CT molecular complexity index is 564. The third kappa shape index (κ3) is 3.61. The lowest BCUT2D eigenvalue weighted by Gasteiger charge is -2.20. The van der Waals surface area contributed by atoms with Gasteiger partial charge in [0.15, 0.2) is 0 Å². The van der Waals surface area contributed by atoms with Crippen LogP contribution in [0.25, 0.3) is 0 Å². The van der Waals surface area contributed by atoms with Crippen LogP contribution in [-0.2, 0) is 6.42 Å². The average molecular weight is 276 g/mol. The molecule has 1 unspecified atom stereocenters. The van der Waals surface area contributed by atoms with Crippen LogP contribution in [-0.4, -0.2) is 11.5 Å². The monoisotopic (exact) mass is 276 g/mol. The predicted octanol–water partition coefficient (Wildman–Crippen LogP) is 3.56. The molecular formula is C16H18F2N2. The third-order valence-electron chi connectivity index (χ3n) is 3.25. The fourth-order valence-corrected chi connectivity index (χ4v) is 2.38. The van der Waals surface area contributed by atoms with Crippen LogP contribution >= 0.6 is 0 Å². The van der Waals surface area contributed by atoms with Crippen LogP contribution < -0.4 is 5.32 Å². The quantitative estimate of drug-likeness (QED) is 0.903. The number of hydrogen-bond donors (Lipinski definition) is 1. The van der Waals surface area contributed by atoms with Gasteiger partial charge in [0.1, 0.15) is 11.6 Å². The van der Waals surface area contributed by atoms with E-state index >= 15 is 0 Å².